The highest BCUT2D eigenvalue weighted by Gasteiger charge is 2.15. The molecular weight excluding hydrogens is 222 g/mol. The minimum Gasteiger partial charge on any atom is -0.396 e. The van der Waals surface area contributed by atoms with Crippen molar-refractivity contribution < 1.29 is 5.11 Å². The summed E-state index contributed by atoms with van der Waals surface area (Å²) in [7, 11) is 0. The van der Waals surface area contributed by atoms with Gasteiger partial charge in [0.25, 0.3) is 0 Å². The Morgan fingerprint density at radius 1 is 1.22 bits per heavy atom. The van der Waals surface area contributed by atoms with Gasteiger partial charge in [0.2, 0.25) is 0 Å². The number of rotatable bonds is 8. The van der Waals surface area contributed by atoms with Crippen molar-refractivity contribution in [3.63, 3.8) is 0 Å². The first-order chi connectivity index (χ1) is 8.59. The van der Waals surface area contributed by atoms with E-state index in [1.807, 2.05) is 0 Å². The third-order valence-electron chi connectivity index (χ3n) is 3.46. The number of aliphatic hydroxyl groups excluding tert-OH is 1. The molecule has 1 aromatic rings. The predicted molar refractivity (Wildman–Crippen MR) is 77.6 cm³/mol. The van der Waals surface area contributed by atoms with E-state index in [1.54, 1.807) is 0 Å². The molecule has 2 nitrogen and oxygen atoms in total. The lowest BCUT2D eigenvalue weighted by molar-refractivity contribution is 0.147. The van der Waals surface area contributed by atoms with Crippen LogP contribution in [0.3, 0.4) is 0 Å². The van der Waals surface area contributed by atoms with E-state index in [0.29, 0.717) is 6.04 Å². The van der Waals surface area contributed by atoms with Crippen LogP contribution in [0.25, 0.3) is 0 Å². The number of hydrogen-bond acceptors (Lipinski definition) is 2. The molecule has 0 saturated heterocycles. The Morgan fingerprint density at radius 3 is 2.44 bits per heavy atom. The quantitative estimate of drug-likeness (QED) is 0.691. The van der Waals surface area contributed by atoms with Crippen LogP contribution in [0.5, 0.6) is 0 Å². The maximum atomic E-state index is 9.21. The van der Waals surface area contributed by atoms with E-state index < -0.39 is 0 Å². The molecule has 0 spiro atoms. The van der Waals surface area contributed by atoms with Gasteiger partial charge in [-0.1, -0.05) is 51.1 Å². The summed E-state index contributed by atoms with van der Waals surface area (Å²) in [5, 5.41) is 12.8. The van der Waals surface area contributed by atoms with E-state index in [4.69, 9.17) is 0 Å². The molecule has 102 valence electrons. The van der Waals surface area contributed by atoms with Gasteiger partial charge in [-0.15, -0.1) is 0 Å². The topological polar surface area (TPSA) is 32.3 Å². The van der Waals surface area contributed by atoms with Crippen molar-refractivity contribution in [3.05, 3.63) is 35.9 Å². The summed E-state index contributed by atoms with van der Waals surface area (Å²) < 4.78 is 0. The Kier molecular flexibility index (Phi) is 6.37. The van der Waals surface area contributed by atoms with Gasteiger partial charge in [0, 0.05) is 12.6 Å². The van der Waals surface area contributed by atoms with Crippen LogP contribution in [0.1, 0.15) is 51.6 Å². The van der Waals surface area contributed by atoms with Crippen molar-refractivity contribution in [2.45, 2.75) is 46.1 Å². The van der Waals surface area contributed by atoms with E-state index in [9.17, 15) is 5.11 Å². The Balaban J connectivity index is 2.33. The maximum Gasteiger partial charge on any atom is 0.0482 e. The summed E-state index contributed by atoms with van der Waals surface area (Å²) in [6.45, 7) is 7.71. The summed E-state index contributed by atoms with van der Waals surface area (Å²) in [5.41, 5.74) is 1.41. The second kappa shape index (κ2) is 7.55. The molecule has 1 unspecified atom stereocenters. The molecule has 0 radical (unpaired) electrons. The smallest absolute Gasteiger partial charge is 0.0482 e. The van der Waals surface area contributed by atoms with E-state index in [0.717, 1.165) is 25.8 Å². The normalized spacial score (nSPS) is 13.6. The zero-order valence-electron chi connectivity index (χ0n) is 11.9. The molecular formula is C16H27NO. The van der Waals surface area contributed by atoms with Gasteiger partial charge in [0.05, 0.1) is 0 Å². The molecule has 1 aromatic carbocycles. The fourth-order valence-corrected chi connectivity index (χ4v) is 2.11. The van der Waals surface area contributed by atoms with E-state index in [2.05, 4.69) is 56.4 Å². The Bertz CT molecular complexity index is 321. The summed E-state index contributed by atoms with van der Waals surface area (Å²) in [5.74, 6) is 0. The third kappa shape index (κ3) is 5.19. The minimum atomic E-state index is 0.0517. The van der Waals surface area contributed by atoms with Crippen molar-refractivity contribution in [3.8, 4) is 0 Å². The number of aliphatic hydroxyl groups is 1. The second-order valence-electron chi connectivity index (χ2n) is 5.75. The molecule has 1 rings (SSSR count). The molecule has 0 amide bonds. The van der Waals surface area contributed by atoms with Crippen LogP contribution in [0.4, 0.5) is 0 Å². The minimum absolute atomic E-state index is 0.0517. The van der Waals surface area contributed by atoms with Gasteiger partial charge in [0.1, 0.15) is 0 Å². The van der Waals surface area contributed by atoms with Crippen LogP contribution in [0.15, 0.2) is 30.3 Å². The van der Waals surface area contributed by atoms with Crippen LogP contribution in [0.2, 0.25) is 0 Å². The molecule has 1 atom stereocenters. The van der Waals surface area contributed by atoms with Gasteiger partial charge in [-0.05, 0) is 36.8 Å². The van der Waals surface area contributed by atoms with Gasteiger partial charge in [-0.25, -0.2) is 0 Å². The SMILES string of the molecule is CCC(NCCCC(C)(C)CO)c1ccccc1. The van der Waals surface area contributed by atoms with E-state index >= 15 is 0 Å². The van der Waals surface area contributed by atoms with Crippen LogP contribution < -0.4 is 5.32 Å². The number of hydrogen-bond donors (Lipinski definition) is 2. The van der Waals surface area contributed by atoms with Crippen LogP contribution in [-0.4, -0.2) is 18.3 Å². The second-order valence-corrected chi connectivity index (χ2v) is 5.75. The largest absolute Gasteiger partial charge is 0.396 e. The molecule has 0 aliphatic rings. The zero-order chi connectivity index (χ0) is 13.4. The van der Waals surface area contributed by atoms with Crippen molar-refractivity contribution in [2.24, 2.45) is 5.41 Å². The van der Waals surface area contributed by atoms with Crippen molar-refractivity contribution in [1.29, 1.82) is 0 Å². The molecule has 2 heteroatoms. The Hall–Kier alpha value is -0.860. The fourth-order valence-electron chi connectivity index (χ4n) is 2.11. The lowest BCUT2D eigenvalue weighted by Gasteiger charge is -2.23. The number of benzene rings is 1. The Labute approximate surface area is 111 Å². The average molecular weight is 249 g/mol. The molecule has 0 aliphatic carbocycles. The number of nitrogens with one attached hydrogen (secondary N) is 1. The molecule has 0 saturated carbocycles. The highest BCUT2D eigenvalue weighted by molar-refractivity contribution is 5.18. The summed E-state index contributed by atoms with van der Waals surface area (Å²) >= 11 is 0. The van der Waals surface area contributed by atoms with Crippen molar-refractivity contribution in [1.82, 2.24) is 5.32 Å². The zero-order valence-corrected chi connectivity index (χ0v) is 11.9. The van der Waals surface area contributed by atoms with Gasteiger partial charge in [-0.2, -0.15) is 0 Å². The van der Waals surface area contributed by atoms with E-state index in [1.165, 1.54) is 5.56 Å². The van der Waals surface area contributed by atoms with Gasteiger partial charge < -0.3 is 10.4 Å². The first-order valence-electron chi connectivity index (χ1n) is 6.98. The van der Waals surface area contributed by atoms with Crippen molar-refractivity contribution >= 4 is 0 Å². The lowest BCUT2D eigenvalue weighted by atomic mass is 9.89. The monoisotopic (exact) mass is 249 g/mol. The van der Waals surface area contributed by atoms with Crippen LogP contribution >= 0.6 is 0 Å². The first kappa shape index (κ1) is 15.2. The molecule has 0 aromatic heterocycles. The van der Waals surface area contributed by atoms with Gasteiger partial charge >= 0.3 is 0 Å². The summed E-state index contributed by atoms with van der Waals surface area (Å²) in [6, 6.07) is 11.0. The third-order valence-corrected chi connectivity index (χ3v) is 3.46. The predicted octanol–water partition coefficient (Wildman–Crippen LogP) is 3.53. The molecule has 0 fully saturated rings. The molecule has 0 bridgehead atoms. The van der Waals surface area contributed by atoms with Gasteiger partial charge in [-0.3, -0.25) is 0 Å². The van der Waals surface area contributed by atoms with Crippen molar-refractivity contribution in [2.75, 3.05) is 13.2 Å². The van der Waals surface area contributed by atoms with E-state index in [-0.39, 0.29) is 12.0 Å². The molecule has 0 heterocycles. The Morgan fingerprint density at radius 2 is 1.89 bits per heavy atom. The summed E-state index contributed by atoms with van der Waals surface area (Å²) in [4.78, 5) is 0. The van der Waals surface area contributed by atoms with Crippen LogP contribution in [0, 0.1) is 5.41 Å². The molecule has 2 N–H and O–H groups in total. The lowest BCUT2D eigenvalue weighted by Crippen LogP contribution is -2.24. The molecule has 0 aliphatic heterocycles. The highest BCUT2D eigenvalue weighted by Crippen LogP contribution is 2.21. The highest BCUT2D eigenvalue weighted by atomic mass is 16.3. The molecule has 18 heavy (non-hydrogen) atoms. The standard InChI is InChI=1S/C16H27NO/c1-4-15(14-9-6-5-7-10-14)17-12-8-11-16(2,3)13-18/h5-7,9-10,15,17-18H,4,8,11-13H2,1-3H3. The van der Waals surface area contributed by atoms with Crippen LogP contribution in [-0.2, 0) is 0 Å². The average Bonchev–Trinajstić information content (AvgIpc) is 2.40. The van der Waals surface area contributed by atoms with Gasteiger partial charge in [0.15, 0.2) is 0 Å². The first-order valence-corrected chi connectivity index (χ1v) is 6.98. The fraction of sp³-hybridized carbons (Fsp3) is 0.625. The maximum absolute atomic E-state index is 9.21. The summed E-state index contributed by atoms with van der Waals surface area (Å²) in [6.07, 6.45) is 3.27.